The summed E-state index contributed by atoms with van der Waals surface area (Å²) in [6, 6.07) is 13.9. The van der Waals surface area contributed by atoms with Crippen LogP contribution in [0.25, 0.3) is 0 Å². The quantitative estimate of drug-likeness (QED) is 0.855. The predicted octanol–water partition coefficient (Wildman–Crippen LogP) is 4.73. The summed E-state index contributed by atoms with van der Waals surface area (Å²) in [6.07, 6.45) is 0. The molecular weight excluding hydrogens is 328 g/mol. The van der Waals surface area contributed by atoms with Gasteiger partial charge in [-0.2, -0.15) is 0 Å². The Hall–Kier alpha value is -1.81. The molecule has 0 saturated heterocycles. The standard InChI is InChI=1S/C17H19BrN2O/c1-12-4-9-16(13(2)10-12)19-17(21)20(3)11-14-5-7-15(18)8-6-14/h4-10H,11H2,1-3H3,(H,19,21). The van der Waals surface area contributed by atoms with Crippen molar-refractivity contribution in [2.24, 2.45) is 0 Å². The zero-order chi connectivity index (χ0) is 15.4. The van der Waals surface area contributed by atoms with Crippen LogP contribution < -0.4 is 5.32 Å². The van der Waals surface area contributed by atoms with Crippen LogP contribution in [0.5, 0.6) is 0 Å². The molecule has 1 N–H and O–H groups in total. The van der Waals surface area contributed by atoms with Gasteiger partial charge in [-0.15, -0.1) is 0 Å². The number of hydrogen-bond acceptors (Lipinski definition) is 1. The Kier molecular flexibility index (Phi) is 5.02. The highest BCUT2D eigenvalue weighted by molar-refractivity contribution is 9.10. The Morgan fingerprint density at radius 3 is 2.43 bits per heavy atom. The molecule has 0 spiro atoms. The van der Waals surface area contributed by atoms with Gasteiger partial charge in [0.05, 0.1) is 0 Å². The number of anilines is 1. The fourth-order valence-corrected chi connectivity index (χ4v) is 2.36. The molecule has 110 valence electrons. The first-order valence-corrected chi connectivity index (χ1v) is 7.59. The maximum atomic E-state index is 12.2. The van der Waals surface area contributed by atoms with Gasteiger partial charge in [0.15, 0.2) is 0 Å². The highest BCUT2D eigenvalue weighted by Gasteiger charge is 2.10. The van der Waals surface area contributed by atoms with Crippen LogP contribution in [0.3, 0.4) is 0 Å². The number of carbonyl (C=O) groups is 1. The fraction of sp³-hybridized carbons (Fsp3) is 0.235. The molecule has 21 heavy (non-hydrogen) atoms. The second-order valence-electron chi connectivity index (χ2n) is 5.23. The molecule has 0 aliphatic carbocycles. The first kappa shape index (κ1) is 15.6. The van der Waals surface area contributed by atoms with Gasteiger partial charge in [-0.1, -0.05) is 45.8 Å². The van der Waals surface area contributed by atoms with E-state index in [1.54, 1.807) is 11.9 Å². The summed E-state index contributed by atoms with van der Waals surface area (Å²) in [7, 11) is 1.79. The molecule has 0 heterocycles. The minimum Gasteiger partial charge on any atom is -0.323 e. The number of carbonyl (C=O) groups excluding carboxylic acids is 1. The summed E-state index contributed by atoms with van der Waals surface area (Å²) in [5, 5.41) is 2.95. The third-order valence-corrected chi connectivity index (χ3v) is 3.83. The third kappa shape index (κ3) is 4.33. The van der Waals surface area contributed by atoms with E-state index < -0.39 is 0 Å². The Morgan fingerprint density at radius 2 is 1.81 bits per heavy atom. The molecule has 0 aliphatic rings. The summed E-state index contributed by atoms with van der Waals surface area (Å²) < 4.78 is 1.04. The van der Waals surface area contributed by atoms with Gasteiger partial charge in [0, 0.05) is 23.8 Å². The molecule has 0 unspecified atom stereocenters. The highest BCUT2D eigenvalue weighted by Crippen LogP contribution is 2.17. The molecular formula is C17H19BrN2O. The fourth-order valence-electron chi connectivity index (χ4n) is 2.10. The van der Waals surface area contributed by atoms with Crippen molar-refractivity contribution in [3.8, 4) is 0 Å². The van der Waals surface area contributed by atoms with E-state index in [-0.39, 0.29) is 6.03 Å². The van der Waals surface area contributed by atoms with E-state index in [1.165, 1.54) is 5.56 Å². The number of rotatable bonds is 3. The average molecular weight is 347 g/mol. The summed E-state index contributed by atoms with van der Waals surface area (Å²) in [4.78, 5) is 13.9. The predicted molar refractivity (Wildman–Crippen MR) is 90.5 cm³/mol. The third-order valence-electron chi connectivity index (χ3n) is 3.30. The van der Waals surface area contributed by atoms with E-state index in [9.17, 15) is 4.79 Å². The topological polar surface area (TPSA) is 32.3 Å². The van der Waals surface area contributed by atoms with Crippen molar-refractivity contribution in [3.05, 3.63) is 63.6 Å². The molecule has 0 radical (unpaired) electrons. The van der Waals surface area contributed by atoms with Gasteiger partial charge in [-0.05, 0) is 43.2 Å². The van der Waals surface area contributed by atoms with Crippen LogP contribution in [0.1, 0.15) is 16.7 Å². The molecule has 2 rings (SSSR count). The number of aryl methyl sites for hydroxylation is 2. The second-order valence-corrected chi connectivity index (χ2v) is 6.15. The van der Waals surface area contributed by atoms with Crippen LogP contribution in [0, 0.1) is 13.8 Å². The van der Waals surface area contributed by atoms with Gasteiger partial charge in [-0.3, -0.25) is 0 Å². The minimum absolute atomic E-state index is 0.107. The number of halogens is 1. The zero-order valence-electron chi connectivity index (χ0n) is 12.5. The summed E-state index contributed by atoms with van der Waals surface area (Å²) in [5.41, 5.74) is 4.21. The maximum Gasteiger partial charge on any atom is 0.321 e. The number of amides is 2. The lowest BCUT2D eigenvalue weighted by Gasteiger charge is -2.19. The minimum atomic E-state index is -0.107. The molecule has 2 aromatic carbocycles. The van der Waals surface area contributed by atoms with Crippen LogP contribution >= 0.6 is 15.9 Å². The van der Waals surface area contributed by atoms with Crippen molar-refractivity contribution in [1.82, 2.24) is 4.90 Å². The smallest absolute Gasteiger partial charge is 0.321 e. The number of nitrogens with zero attached hydrogens (tertiary/aromatic N) is 1. The lowest BCUT2D eigenvalue weighted by atomic mass is 10.1. The van der Waals surface area contributed by atoms with Crippen molar-refractivity contribution >= 4 is 27.6 Å². The first-order chi connectivity index (χ1) is 9.95. The van der Waals surface area contributed by atoms with E-state index in [0.29, 0.717) is 6.54 Å². The monoisotopic (exact) mass is 346 g/mol. The van der Waals surface area contributed by atoms with Gasteiger partial charge in [-0.25, -0.2) is 4.79 Å². The average Bonchev–Trinajstić information content (AvgIpc) is 2.44. The largest absolute Gasteiger partial charge is 0.323 e. The molecule has 4 heteroatoms. The van der Waals surface area contributed by atoms with Gasteiger partial charge < -0.3 is 10.2 Å². The van der Waals surface area contributed by atoms with Crippen LogP contribution in [-0.4, -0.2) is 18.0 Å². The lowest BCUT2D eigenvalue weighted by Crippen LogP contribution is -2.31. The van der Waals surface area contributed by atoms with Crippen molar-refractivity contribution in [3.63, 3.8) is 0 Å². The van der Waals surface area contributed by atoms with E-state index >= 15 is 0 Å². The van der Waals surface area contributed by atoms with Crippen molar-refractivity contribution in [1.29, 1.82) is 0 Å². The molecule has 2 aromatic rings. The van der Waals surface area contributed by atoms with E-state index in [4.69, 9.17) is 0 Å². The molecule has 0 atom stereocenters. The first-order valence-electron chi connectivity index (χ1n) is 6.79. The Labute approximate surface area is 134 Å². The normalized spacial score (nSPS) is 10.3. The van der Waals surface area contributed by atoms with Crippen molar-refractivity contribution in [2.75, 3.05) is 12.4 Å². The molecule has 2 amide bonds. The van der Waals surface area contributed by atoms with Crippen LogP contribution in [0.15, 0.2) is 46.9 Å². The summed E-state index contributed by atoms with van der Waals surface area (Å²) in [6.45, 7) is 4.61. The van der Waals surface area contributed by atoms with E-state index in [0.717, 1.165) is 21.3 Å². The van der Waals surface area contributed by atoms with E-state index in [2.05, 4.69) is 27.3 Å². The van der Waals surface area contributed by atoms with Gasteiger partial charge in [0.25, 0.3) is 0 Å². The zero-order valence-corrected chi connectivity index (χ0v) is 14.1. The molecule has 0 saturated carbocycles. The van der Waals surface area contributed by atoms with Gasteiger partial charge in [0.2, 0.25) is 0 Å². The van der Waals surface area contributed by atoms with Crippen LogP contribution in [-0.2, 0) is 6.54 Å². The highest BCUT2D eigenvalue weighted by atomic mass is 79.9. The molecule has 3 nitrogen and oxygen atoms in total. The second kappa shape index (κ2) is 6.76. The maximum absolute atomic E-state index is 12.2. The SMILES string of the molecule is Cc1ccc(NC(=O)N(C)Cc2ccc(Br)cc2)c(C)c1. The van der Waals surface area contributed by atoms with Gasteiger partial charge in [0.1, 0.15) is 0 Å². The molecule has 0 bridgehead atoms. The Bertz CT molecular complexity index is 638. The van der Waals surface area contributed by atoms with Crippen LogP contribution in [0.4, 0.5) is 10.5 Å². The molecule has 0 fully saturated rings. The number of hydrogen-bond donors (Lipinski definition) is 1. The van der Waals surface area contributed by atoms with Gasteiger partial charge >= 0.3 is 6.03 Å². The number of benzene rings is 2. The number of nitrogens with one attached hydrogen (secondary N) is 1. The summed E-state index contributed by atoms with van der Waals surface area (Å²) in [5.74, 6) is 0. The van der Waals surface area contributed by atoms with Crippen molar-refractivity contribution in [2.45, 2.75) is 20.4 Å². The van der Waals surface area contributed by atoms with Crippen LogP contribution in [0.2, 0.25) is 0 Å². The molecule has 0 aromatic heterocycles. The summed E-state index contributed by atoms with van der Waals surface area (Å²) >= 11 is 3.41. The Balaban J connectivity index is 2.00. The molecule has 0 aliphatic heterocycles. The lowest BCUT2D eigenvalue weighted by molar-refractivity contribution is 0.220. The Morgan fingerprint density at radius 1 is 1.14 bits per heavy atom. The van der Waals surface area contributed by atoms with Crippen molar-refractivity contribution < 1.29 is 4.79 Å². The van der Waals surface area contributed by atoms with E-state index in [1.807, 2.05) is 50.2 Å². The number of urea groups is 1.